The van der Waals surface area contributed by atoms with Gasteiger partial charge in [0.15, 0.2) is 0 Å². The van der Waals surface area contributed by atoms with Crippen molar-refractivity contribution in [3.05, 3.63) is 54.1 Å². The summed E-state index contributed by atoms with van der Waals surface area (Å²) >= 11 is 0. The van der Waals surface area contributed by atoms with Crippen molar-refractivity contribution in [3.63, 3.8) is 0 Å². The standard InChI is InChI=1S/C16H17N3O/c1-11-5-12(3-4-16(11)20-2)13-6-15-7-14(8-17)18-10-19(15)9-13/h3-7,9-10H,8,17H2,1-2H3. The molecule has 1 aromatic carbocycles. The van der Waals surface area contributed by atoms with Crippen LogP contribution in [0.25, 0.3) is 16.6 Å². The highest BCUT2D eigenvalue weighted by Gasteiger charge is 2.06. The van der Waals surface area contributed by atoms with E-state index in [1.165, 1.54) is 5.56 Å². The first kappa shape index (κ1) is 12.7. The van der Waals surface area contributed by atoms with E-state index in [4.69, 9.17) is 10.5 Å². The first-order chi connectivity index (χ1) is 9.71. The van der Waals surface area contributed by atoms with Gasteiger partial charge in [-0.15, -0.1) is 0 Å². The van der Waals surface area contributed by atoms with Crippen molar-refractivity contribution in [3.8, 4) is 16.9 Å². The predicted molar refractivity (Wildman–Crippen MR) is 79.8 cm³/mol. The van der Waals surface area contributed by atoms with Gasteiger partial charge in [-0.25, -0.2) is 4.98 Å². The third-order valence-corrected chi connectivity index (χ3v) is 3.48. The minimum Gasteiger partial charge on any atom is -0.496 e. The van der Waals surface area contributed by atoms with Gasteiger partial charge in [-0.3, -0.25) is 0 Å². The van der Waals surface area contributed by atoms with Crippen molar-refractivity contribution < 1.29 is 4.74 Å². The van der Waals surface area contributed by atoms with E-state index in [0.29, 0.717) is 6.54 Å². The van der Waals surface area contributed by atoms with Crippen LogP contribution in [0.5, 0.6) is 5.75 Å². The van der Waals surface area contributed by atoms with Gasteiger partial charge in [-0.2, -0.15) is 0 Å². The van der Waals surface area contributed by atoms with Gasteiger partial charge in [0.05, 0.1) is 19.1 Å². The summed E-state index contributed by atoms with van der Waals surface area (Å²) in [6, 6.07) is 10.3. The summed E-state index contributed by atoms with van der Waals surface area (Å²) in [5.41, 5.74) is 11.1. The third kappa shape index (κ3) is 2.14. The van der Waals surface area contributed by atoms with Crippen LogP contribution in [-0.4, -0.2) is 16.5 Å². The Bertz CT molecular complexity index is 762. The molecule has 3 rings (SSSR count). The average Bonchev–Trinajstić information content (AvgIpc) is 2.89. The lowest BCUT2D eigenvalue weighted by Crippen LogP contribution is -2.00. The Kier molecular flexibility index (Phi) is 3.16. The van der Waals surface area contributed by atoms with E-state index in [9.17, 15) is 0 Å². The van der Waals surface area contributed by atoms with Gasteiger partial charge in [0.1, 0.15) is 5.75 Å². The molecule has 2 heterocycles. The molecular formula is C16H17N3O. The van der Waals surface area contributed by atoms with Crippen LogP contribution < -0.4 is 10.5 Å². The van der Waals surface area contributed by atoms with Crippen LogP contribution in [-0.2, 0) is 6.54 Å². The van der Waals surface area contributed by atoms with E-state index >= 15 is 0 Å². The van der Waals surface area contributed by atoms with E-state index in [1.54, 1.807) is 13.4 Å². The molecule has 102 valence electrons. The molecule has 0 radical (unpaired) electrons. The minimum absolute atomic E-state index is 0.457. The molecule has 0 aliphatic carbocycles. The molecule has 0 atom stereocenters. The summed E-state index contributed by atoms with van der Waals surface area (Å²) in [6.07, 6.45) is 3.88. The number of benzene rings is 1. The molecule has 2 N–H and O–H groups in total. The Balaban J connectivity index is 2.07. The molecule has 20 heavy (non-hydrogen) atoms. The Morgan fingerprint density at radius 1 is 1.20 bits per heavy atom. The largest absolute Gasteiger partial charge is 0.496 e. The van der Waals surface area contributed by atoms with Crippen molar-refractivity contribution in [2.24, 2.45) is 5.73 Å². The molecule has 0 fully saturated rings. The predicted octanol–water partition coefficient (Wildman–Crippen LogP) is 2.78. The summed E-state index contributed by atoms with van der Waals surface area (Å²) in [6.45, 7) is 2.50. The highest BCUT2D eigenvalue weighted by molar-refractivity contribution is 5.71. The maximum atomic E-state index is 5.62. The molecule has 0 unspecified atom stereocenters. The van der Waals surface area contributed by atoms with Crippen molar-refractivity contribution in [2.45, 2.75) is 13.5 Å². The van der Waals surface area contributed by atoms with E-state index in [0.717, 1.165) is 28.1 Å². The van der Waals surface area contributed by atoms with Gasteiger partial charge in [-0.1, -0.05) is 6.07 Å². The Morgan fingerprint density at radius 3 is 2.75 bits per heavy atom. The monoisotopic (exact) mass is 267 g/mol. The average molecular weight is 267 g/mol. The van der Waals surface area contributed by atoms with Crippen molar-refractivity contribution >= 4 is 5.52 Å². The van der Waals surface area contributed by atoms with Crippen molar-refractivity contribution in [2.75, 3.05) is 7.11 Å². The molecular weight excluding hydrogens is 250 g/mol. The van der Waals surface area contributed by atoms with Crippen LogP contribution in [0.4, 0.5) is 0 Å². The van der Waals surface area contributed by atoms with Crippen LogP contribution in [0, 0.1) is 6.92 Å². The maximum absolute atomic E-state index is 5.62. The van der Waals surface area contributed by atoms with Gasteiger partial charge in [0, 0.05) is 23.8 Å². The van der Waals surface area contributed by atoms with E-state index in [1.807, 2.05) is 23.5 Å². The van der Waals surface area contributed by atoms with Gasteiger partial charge in [-0.05, 0) is 42.3 Å². The van der Waals surface area contributed by atoms with Crippen molar-refractivity contribution in [1.82, 2.24) is 9.38 Å². The number of nitrogens with zero attached hydrogens (tertiary/aromatic N) is 2. The second kappa shape index (κ2) is 4.98. The lowest BCUT2D eigenvalue weighted by Gasteiger charge is -2.05. The number of hydrogen-bond acceptors (Lipinski definition) is 3. The van der Waals surface area contributed by atoms with Gasteiger partial charge >= 0.3 is 0 Å². The lowest BCUT2D eigenvalue weighted by atomic mass is 10.1. The first-order valence-electron chi connectivity index (χ1n) is 6.53. The van der Waals surface area contributed by atoms with E-state index in [-0.39, 0.29) is 0 Å². The zero-order chi connectivity index (χ0) is 14.1. The van der Waals surface area contributed by atoms with Crippen LogP contribution in [0.2, 0.25) is 0 Å². The normalized spacial score (nSPS) is 10.9. The molecule has 0 saturated heterocycles. The topological polar surface area (TPSA) is 52.5 Å². The number of ether oxygens (including phenoxy) is 1. The summed E-state index contributed by atoms with van der Waals surface area (Å²) in [5.74, 6) is 0.907. The zero-order valence-corrected chi connectivity index (χ0v) is 11.6. The number of methoxy groups -OCH3 is 1. The van der Waals surface area contributed by atoms with Crippen molar-refractivity contribution in [1.29, 1.82) is 0 Å². The molecule has 2 aromatic heterocycles. The number of aryl methyl sites for hydroxylation is 1. The fourth-order valence-corrected chi connectivity index (χ4v) is 2.38. The Labute approximate surface area is 117 Å². The number of nitrogens with two attached hydrogens (primary N) is 1. The molecule has 0 bridgehead atoms. The summed E-state index contributed by atoms with van der Waals surface area (Å²) in [7, 11) is 1.69. The van der Waals surface area contributed by atoms with E-state index < -0.39 is 0 Å². The first-order valence-corrected chi connectivity index (χ1v) is 6.53. The highest BCUT2D eigenvalue weighted by atomic mass is 16.5. The Morgan fingerprint density at radius 2 is 2.05 bits per heavy atom. The third-order valence-electron chi connectivity index (χ3n) is 3.48. The second-order valence-corrected chi connectivity index (χ2v) is 4.83. The SMILES string of the molecule is COc1ccc(-c2cc3cc(CN)ncn3c2)cc1C. The Hall–Kier alpha value is -2.33. The number of hydrogen-bond donors (Lipinski definition) is 1. The van der Waals surface area contributed by atoms with Crippen LogP contribution in [0.1, 0.15) is 11.3 Å². The van der Waals surface area contributed by atoms with Crippen LogP contribution >= 0.6 is 0 Å². The summed E-state index contributed by atoms with van der Waals surface area (Å²) in [5, 5.41) is 0. The fraction of sp³-hybridized carbons (Fsp3) is 0.188. The molecule has 0 spiro atoms. The van der Waals surface area contributed by atoms with Gasteiger partial charge in [0.25, 0.3) is 0 Å². The number of rotatable bonds is 3. The second-order valence-electron chi connectivity index (χ2n) is 4.83. The van der Waals surface area contributed by atoms with Crippen LogP contribution in [0.15, 0.2) is 42.9 Å². The van der Waals surface area contributed by atoms with Gasteiger partial charge in [0.2, 0.25) is 0 Å². The molecule has 0 aliphatic heterocycles. The maximum Gasteiger partial charge on any atom is 0.121 e. The molecule has 4 nitrogen and oxygen atoms in total. The summed E-state index contributed by atoms with van der Waals surface area (Å²) in [4.78, 5) is 4.30. The minimum atomic E-state index is 0.457. The molecule has 0 amide bonds. The molecule has 3 aromatic rings. The summed E-state index contributed by atoms with van der Waals surface area (Å²) < 4.78 is 7.30. The molecule has 0 aliphatic rings. The fourth-order valence-electron chi connectivity index (χ4n) is 2.38. The highest BCUT2D eigenvalue weighted by Crippen LogP contribution is 2.27. The van der Waals surface area contributed by atoms with E-state index in [2.05, 4.69) is 29.4 Å². The number of fused-ring (bicyclic) bond motifs is 1. The lowest BCUT2D eigenvalue weighted by molar-refractivity contribution is 0.412. The smallest absolute Gasteiger partial charge is 0.121 e. The molecule has 0 saturated carbocycles. The molecule has 4 heteroatoms. The van der Waals surface area contributed by atoms with Crippen LogP contribution in [0.3, 0.4) is 0 Å². The zero-order valence-electron chi connectivity index (χ0n) is 11.6. The van der Waals surface area contributed by atoms with Gasteiger partial charge < -0.3 is 14.9 Å². The number of aromatic nitrogens is 2. The quantitative estimate of drug-likeness (QED) is 0.794.